The number of nitrogens with zero attached hydrogens (tertiary/aromatic N) is 5. The van der Waals surface area contributed by atoms with Crippen LogP contribution in [0.3, 0.4) is 0 Å². The zero-order chi connectivity index (χ0) is 62.9. The van der Waals surface area contributed by atoms with Gasteiger partial charge >= 0.3 is 5.51 Å². The van der Waals surface area contributed by atoms with Gasteiger partial charge in [0.15, 0.2) is 0 Å². The smallest absolute Gasteiger partial charge is 0.493 e. The number of alkyl halides is 5. The van der Waals surface area contributed by atoms with Crippen LogP contribution in [0.25, 0.3) is 10.4 Å². The van der Waals surface area contributed by atoms with E-state index in [2.05, 4.69) is 49.1 Å². The van der Waals surface area contributed by atoms with Crippen molar-refractivity contribution in [2.24, 2.45) is 16.7 Å². The maximum absolute atomic E-state index is 14.5. The van der Waals surface area contributed by atoms with Crippen LogP contribution < -0.4 is 25.0 Å². The van der Waals surface area contributed by atoms with Crippen molar-refractivity contribution in [1.29, 1.82) is 0 Å². The number of ether oxygens (including phenoxy) is 1. The van der Waals surface area contributed by atoms with Gasteiger partial charge in [-0.05, 0) is 149 Å². The van der Waals surface area contributed by atoms with E-state index in [1.165, 1.54) is 35.0 Å². The first kappa shape index (κ1) is 66.8. The SMILES string of the molecule is CCC1(C(F)F)CC1C1=C(CN2CCN(c3ccc(C(=O)NS(=O)(=O)c4ccc(NC(CCN5CCN(CCCCCOc6cc(-c7scnc7C)ccc6CNC=O)CC5)CSc5ccccc5)c(S(=O)(=O)C(F)(F)F)c4)cc3)CC2)CCC(C)(C)C1. The van der Waals surface area contributed by atoms with Crippen LogP contribution >= 0.6 is 23.1 Å². The molecule has 2 aliphatic heterocycles. The zero-order valence-corrected chi connectivity index (χ0v) is 53.7. The number of nitrogens with one attached hydrogen (secondary N) is 3. The second-order valence-corrected chi connectivity index (χ2v) is 29.9. The molecule has 9 rings (SSSR count). The van der Waals surface area contributed by atoms with E-state index in [0.717, 1.165) is 141 Å². The Morgan fingerprint density at radius 2 is 1.58 bits per heavy atom. The molecular weight excluding hydrogens is 1220 g/mol. The molecule has 4 aliphatic rings. The molecule has 2 aliphatic carbocycles. The van der Waals surface area contributed by atoms with Gasteiger partial charge in [0.2, 0.25) is 12.8 Å². The number of unbranched alkanes of at least 4 members (excludes halogenated alkanes) is 2. The summed E-state index contributed by atoms with van der Waals surface area (Å²) < 4.78 is 135. The topological polar surface area (TPSA) is 174 Å². The number of rotatable bonds is 29. The lowest BCUT2D eigenvalue weighted by atomic mass is 9.72. The highest BCUT2D eigenvalue weighted by molar-refractivity contribution is 7.99. The molecule has 3 atom stereocenters. The van der Waals surface area contributed by atoms with Crippen LogP contribution in [0.4, 0.5) is 33.3 Å². The summed E-state index contributed by atoms with van der Waals surface area (Å²) in [5, 5.41) is 5.78. The summed E-state index contributed by atoms with van der Waals surface area (Å²) in [5.74, 6) is -0.0635. The fourth-order valence-corrected chi connectivity index (χ4v) is 16.2. The minimum atomic E-state index is -6.13. The Morgan fingerprint density at radius 1 is 0.875 bits per heavy atom. The summed E-state index contributed by atoms with van der Waals surface area (Å²) in [6.45, 7) is 17.2. The summed E-state index contributed by atoms with van der Waals surface area (Å²) in [5.41, 5.74) is 0.883. The molecule has 3 heterocycles. The fourth-order valence-electron chi connectivity index (χ4n) is 12.3. The number of allylic oxidation sites excluding steroid dienone is 1. The average molecular weight is 1300 g/mol. The monoisotopic (exact) mass is 1300 g/mol. The maximum Gasteiger partial charge on any atom is 0.501 e. The lowest BCUT2D eigenvalue weighted by Crippen LogP contribution is -2.47. The molecule has 0 spiro atoms. The van der Waals surface area contributed by atoms with Crippen molar-refractivity contribution >= 4 is 66.7 Å². The highest BCUT2D eigenvalue weighted by Gasteiger charge is 2.61. The summed E-state index contributed by atoms with van der Waals surface area (Å²) in [6.07, 6.45) is 5.25. The van der Waals surface area contributed by atoms with Crippen LogP contribution in [0.1, 0.15) is 100 Å². The molecule has 0 bridgehead atoms. The molecule has 0 radical (unpaired) electrons. The van der Waals surface area contributed by atoms with Crippen LogP contribution in [-0.4, -0.2) is 151 Å². The lowest BCUT2D eigenvalue weighted by molar-refractivity contribution is -0.109. The summed E-state index contributed by atoms with van der Waals surface area (Å²) in [7, 11) is -11.0. The first-order valence-corrected chi connectivity index (χ1v) is 35.1. The number of aryl methyl sites for hydroxylation is 1. The second-order valence-electron chi connectivity index (χ2n) is 24.4. The van der Waals surface area contributed by atoms with E-state index in [9.17, 15) is 48.4 Å². The van der Waals surface area contributed by atoms with Crippen molar-refractivity contribution in [3.8, 4) is 16.2 Å². The molecule has 3 fully saturated rings. The number of benzene rings is 4. The van der Waals surface area contributed by atoms with Crippen LogP contribution in [0.2, 0.25) is 0 Å². The number of anilines is 2. The first-order chi connectivity index (χ1) is 42.0. The first-order valence-electron chi connectivity index (χ1n) is 30.3. The van der Waals surface area contributed by atoms with Gasteiger partial charge in [-0.15, -0.1) is 23.1 Å². The summed E-state index contributed by atoms with van der Waals surface area (Å²) in [6, 6.07) is 23.5. The molecule has 2 saturated heterocycles. The van der Waals surface area contributed by atoms with Crippen molar-refractivity contribution in [3.63, 3.8) is 0 Å². The number of piperazine rings is 2. The van der Waals surface area contributed by atoms with Crippen molar-refractivity contribution in [2.45, 2.75) is 125 Å². The minimum absolute atomic E-state index is 0.0423. The Morgan fingerprint density at radius 3 is 2.23 bits per heavy atom. The van der Waals surface area contributed by atoms with Crippen LogP contribution in [0.5, 0.6) is 5.75 Å². The normalized spacial score (nSPS) is 20.0. The molecule has 24 heteroatoms. The van der Waals surface area contributed by atoms with Gasteiger partial charge in [-0.3, -0.25) is 14.5 Å². The third-order valence-electron chi connectivity index (χ3n) is 17.9. The standard InChI is InChI=1S/C64H81F5N8O7S4/c1-5-63(61(65)66)39-55(63)54-38-62(3,4)24-22-49(54)41-76-31-33-77(34-32-76)51-18-16-46(17-19-51)60(79)73-88(82,83)53-20-21-56(58(37-53)87(80,81)64(67,68)69)72-50(42-85-52-12-8-6-9-13-52)23-26-75-29-27-74(28-30-75)25-10-7-11-35-84-57-36-47(59-45(2)71-44-86-59)14-15-48(57)40-70-43-78/h6,8-9,12-21,36-37,43-44,50,55,61,72H,5,7,10-11,22-35,38-42H2,1-4H3,(H,70,78)(H,73,79). The number of thioether (sulfide) groups is 1. The van der Waals surface area contributed by atoms with Gasteiger partial charge in [0.25, 0.3) is 25.8 Å². The van der Waals surface area contributed by atoms with Gasteiger partial charge in [0, 0.05) is 111 Å². The molecule has 2 amide bonds. The maximum atomic E-state index is 14.5. The summed E-state index contributed by atoms with van der Waals surface area (Å²) in [4.78, 5) is 38.0. The Balaban J connectivity index is 0.782. The van der Waals surface area contributed by atoms with Crippen molar-refractivity contribution in [1.82, 2.24) is 29.7 Å². The van der Waals surface area contributed by atoms with E-state index < -0.39 is 64.6 Å². The van der Waals surface area contributed by atoms with Crippen molar-refractivity contribution < 1.29 is 53.1 Å². The van der Waals surface area contributed by atoms with Gasteiger partial charge in [0.1, 0.15) is 10.6 Å². The lowest BCUT2D eigenvalue weighted by Gasteiger charge is -2.39. The molecule has 3 unspecified atom stereocenters. The number of sulfone groups is 1. The number of carbonyl (C=O) groups is 2. The van der Waals surface area contributed by atoms with Gasteiger partial charge in [-0.1, -0.05) is 62.2 Å². The predicted molar refractivity (Wildman–Crippen MR) is 338 cm³/mol. The molecule has 478 valence electrons. The number of aromatic nitrogens is 1. The quantitative estimate of drug-likeness (QED) is 0.0136. The zero-order valence-electron chi connectivity index (χ0n) is 50.4. The largest absolute Gasteiger partial charge is 0.501 e. The van der Waals surface area contributed by atoms with Crippen LogP contribution in [0.15, 0.2) is 122 Å². The van der Waals surface area contributed by atoms with E-state index in [0.29, 0.717) is 70.3 Å². The Labute approximate surface area is 523 Å². The van der Waals surface area contributed by atoms with E-state index in [-0.39, 0.29) is 16.9 Å². The number of carbonyl (C=O) groups excluding carboxylic acids is 2. The summed E-state index contributed by atoms with van der Waals surface area (Å²) >= 11 is 3.01. The van der Waals surface area contributed by atoms with Crippen molar-refractivity contribution in [3.05, 3.63) is 124 Å². The Hall–Kier alpha value is -5.63. The van der Waals surface area contributed by atoms with E-state index in [1.807, 2.05) is 72.6 Å². The minimum Gasteiger partial charge on any atom is -0.493 e. The van der Waals surface area contributed by atoms with E-state index >= 15 is 0 Å². The third-order valence-corrected chi connectivity index (χ3v) is 22.9. The van der Waals surface area contributed by atoms with Crippen LogP contribution in [-0.2, 0) is 31.2 Å². The Bertz CT molecular complexity index is 3450. The molecule has 4 aromatic carbocycles. The molecule has 88 heavy (non-hydrogen) atoms. The number of halogens is 5. The van der Waals surface area contributed by atoms with Gasteiger partial charge in [-0.25, -0.2) is 35.3 Å². The van der Waals surface area contributed by atoms with E-state index in [1.54, 1.807) is 23.5 Å². The molecular formula is C64H81F5N8O7S4. The number of hydrogen-bond donors (Lipinski definition) is 3. The third kappa shape index (κ3) is 16.7. The van der Waals surface area contributed by atoms with Gasteiger partial charge < -0.3 is 30.1 Å². The number of hydrogen-bond acceptors (Lipinski definition) is 15. The molecule has 3 N–H and O–H groups in total. The average Bonchev–Trinajstić information content (AvgIpc) is 1.55. The number of amides is 2. The van der Waals surface area contributed by atoms with Gasteiger partial charge in [-0.2, -0.15) is 13.2 Å². The Kier molecular flexibility index (Phi) is 22.1. The van der Waals surface area contributed by atoms with Gasteiger partial charge in [0.05, 0.1) is 33.3 Å². The molecule has 5 aromatic rings. The fraction of sp³-hybridized carbons (Fsp3) is 0.516. The second kappa shape index (κ2) is 29.1. The highest BCUT2D eigenvalue weighted by atomic mass is 32.2. The highest BCUT2D eigenvalue weighted by Crippen LogP contribution is 2.65. The molecule has 15 nitrogen and oxygen atoms in total. The van der Waals surface area contributed by atoms with E-state index in [4.69, 9.17) is 4.74 Å². The van der Waals surface area contributed by atoms with Crippen molar-refractivity contribution in [2.75, 3.05) is 94.6 Å². The number of sulfonamides is 1. The van der Waals surface area contributed by atoms with Crippen LogP contribution in [0, 0.1) is 23.7 Å². The predicted octanol–water partition coefficient (Wildman–Crippen LogP) is 11.9. The molecule has 1 saturated carbocycles. The molecule has 1 aromatic heterocycles. The number of thiazole rings is 1.